The number of benzene rings is 1. The van der Waals surface area contributed by atoms with Crippen molar-refractivity contribution in [3.05, 3.63) is 35.4 Å². The summed E-state index contributed by atoms with van der Waals surface area (Å²) in [7, 11) is 0. The number of hydrogen-bond donors (Lipinski definition) is 2. The Balaban J connectivity index is 1.53. The van der Waals surface area contributed by atoms with Crippen LogP contribution < -0.4 is 10.6 Å². The van der Waals surface area contributed by atoms with Gasteiger partial charge in [-0.25, -0.2) is 0 Å². The Labute approximate surface area is 124 Å². The van der Waals surface area contributed by atoms with E-state index in [9.17, 15) is 9.59 Å². The molecule has 0 aromatic heterocycles. The van der Waals surface area contributed by atoms with Gasteiger partial charge in [-0.2, -0.15) is 0 Å². The van der Waals surface area contributed by atoms with Crippen molar-refractivity contribution in [3.63, 3.8) is 0 Å². The maximum absolute atomic E-state index is 12.0. The molecule has 1 saturated heterocycles. The van der Waals surface area contributed by atoms with Crippen molar-refractivity contribution in [2.75, 3.05) is 26.2 Å². The number of amides is 2. The summed E-state index contributed by atoms with van der Waals surface area (Å²) < 4.78 is 0. The zero-order chi connectivity index (χ0) is 14.7. The first-order valence-electron chi connectivity index (χ1n) is 7.60. The molecule has 2 amide bonds. The summed E-state index contributed by atoms with van der Waals surface area (Å²) in [5, 5.41) is 6.38. The lowest BCUT2D eigenvalue weighted by atomic mass is 9.94. The van der Waals surface area contributed by atoms with E-state index in [1.54, 1.807) is 4.90 Å². The SMILES string of the molecule is O=C(CN1CCCC1=O)NCC1NCCc2ccccc21. The van der Waals surface area contributed by atoms with Crippen molar-refractivity contribution in [1.29, 1.82) is 0 Å². The molecule has 1 fully saturated rings. The van der Waals surface area contributed by atoms with Gasteiger partial charge in [0.15, 0.2) is 0 Å². The van der Waals surface area contributed by atoms with E-state index in [0.29, 0.717) is 19.5 Å². The topological polar surface area (TPSA) is 61.4 Å². The first-order chi connectivity index (χ1) is 10.2. The van der Waals surface area contributed by atoms with Crippen LogP contribution in [0.2, 0.25) is 0 Å². The lowest BCUT2D eigenvalue weighted by molar-refractivity contribution is -0.133. The summed E-state index contributed by atoms with van der Waals surface area (Å²) in [5.41, 5.74) is 2.62. The minimum atomic E-state index is -0.0740. The molecule has 0 aliphatic carbocycles. The first-order valence-corrected chi connectivity index (χ1v) is 7.60. The zero-order valence-corrected chi connectivity index (χ0v) is 12.1. The monoisotopic (exact) mass is 287 g/mol. The second-order valence-corrected chi connectivity index (χ2v) is 5.68. The Morgan fingerprint density at radius 3 is 3.00 bits per heavy atom. The third kappa shape index (κ3) is 3.24. The maximum atomic E-state index is 12.0. The van der Waals surface area contributed by atoms with Crippen LogP contribution in [0.25, 0.3) is 0 Å². The molecular formula is C16H21N3O2. The molecule has 0 radical (unpaired) electrons. The zero-order valence-electron chi connectivity index (χ0n) is 12.1. The smallest absolute Gasteiger partial charge is 0.239 e. The molecule has 1 unspecified atom stereocenters. The lowest BCUT2D eigenvalue weighted by Crippen LogP contribution is -2.43. The average molecular weight is 287 g/mol. The fourth-order valence-electron chi connectivity index (χ4n) is 3.09. The average Bonchev–Trinajstić information content (AvgIpc) is 2.90. The van der Waals surface area contributed by atoms with Gasteiger partial charge in [0.1, 0.15) is 0 Å². The van der Waals surface area contributed by atoms with Crippen LogP contribution in [0.4, 0.5) is 0 Å². The molecule has 2 aliphatic heterocycles. The van der Waals surface area contributed by atoms with Gasteiger partial charge in [-0.3, -0.25) is 9.59 Å². The number of carbonyl (C=O) groups is 2. The number of rotatable bonds is 4. The van der Waals surface area contributed by atoms with E-state index < -0.39 is 0 Å². The summed E-state index contributed by atoms with van der Waals surface area (Å²) >= 11 is 0. The van der Waals surface area contributed by atoms with Crippen LogP contribution in [-0.2, 0) is 16.0 Å². The molecule has 5 nitrogen and oxygen atoms in total. The van der Waals surface area contributed by atoms with Crippen LogP contribution >= 0.6 is 0 Å². The lowest BCUT2D eigenvalue weighted by Gasteiger charge is -2.27. The summed E-state index contributed by atoms with van der Waals surface area (Å²) in [6.45, 7) is 2.39. The number of likely N-dealkylation sites (tertiary alicyclic amines) is 1. The molecular weight excluding hydrogens is 266 g/mol. The Morgan fingerprint density at radius 2 is 2.19 bits per heavy atom. The molecule has 0 spiro atoms. The highest BCUT2D eigenvalue weighted by molar-refractivity contribution is 5.85. The van der Waals surface area contributed by atoms with Crippen LogP contribution in [0, 0.1) is 0 Å². The molecule has 0 saturated carbocycles. The molecule has 112 valence electrons. The minimum Gasteiger partial charge on any atom is -0.353 e. The van der Waals surface area contributed by atoms with Crippen molar-refractivity contribution in [3.8, 4) is 0 Å². The molecule has 2 N–H and O–H groups in total. The number of carbonyl (C=O) groups excluding carboxylic acids is 2. The number of fused-ring (bicyclic) bond motifs is 1. The van der Waals surface area contributed by atoms with E-state index in [1.165, 1.54) is 11.1 Å². The molecule has 3 rings (SSSR count). The van der Waals surface area contributed by atoms with Crippen LogP contribution in [0.3, 0.4) is 0 Å². The van der Waals surface area contributed by atoms with E-state index in [0.717, 1.165) is 19.4 Å². The van der Waals surface area contributed by atoms with E-state index in [4.69, 9.17) is 0 Å². The van der Waals surface area contributed by atoms with Gasteiger partial charge in [0.05, 0.1) is 6.54 Å². The largest absolute Gasteiger partial charge is 0.353 e. The maximum Gasteiger partial charge on any atom is 0.239 e. The summed E-state index contributed by atoms with van der Waals surface area (Å²) in [6.07, 6.45) is 2.47. The van der Waals surface area contributed by atoms with Crippen LogP contribution in [0.1, 0.15) is 30.0 Å². The highest BCUT2D eigenvalue weighted by Gasteiger charge is 2.23. The summed E-state index contributed by atoms with van der Waals surface area (Å²) in [5.74, 6) is 0.0152. The highest BCUT2D eigenvalue weighted by atomic mass is 16.2. The van der Waals surface area contributed by atoms with E-state index in [-0.39, 0.29) is 24.4 Å². The van der Waals surface area contributed by atoms with Crippen molar-refractivity contribution >= 4 is 11.8 Å². The number of nitrogens with zero attached hydrogens (tertiary/aromatic N) is 1. The fraction of sp³-hybridized carbons (Fsp3) is 0.500. The molecule has 21 heavy (non-hydrogen) atoms. The third-order valence-electron chi connectivity index (χ3n) is 4.22. The highest BCUT2D eigenvalue weighted by Crippen LogP contribution is 2.21. The van der Waals surface area contributed by atoms with Gasteiger partial charge in [-0.1, -0.05) is 24.3 Å². The number of hydrogen-bond acceptors (Lipinski definition) is 3. The minimum absolute atomic E-state index is 0.0740. The van der Waals surface area contributed by atoms with Crippen LogP contribution in [0.5, 0.6) is 0 Å². The van der Waals surface area contributed by atoms with E-state index >= 15 is 0 Å². The molecule has 1 aromatic rings. The Kier molecular flexibility index (Phi) is 4.20. The van der Waals surface area contributed by atoms with Crippen molar-refractivity contribution in [2.24, 2.45) is 0 Å². The predicted molar refractivity (Wildman–Crippen MR) is 79.7 cm³/mol. The Bertz CT molecular complexity index is 544. The standard InChI is InChI=1S/C16H21N3O2/c20-15(11-19-9-3-6-16(19)21)18-10-14-13-5-2-1-4-12(13)7-8-17-14/h1-2,4-5,14,17H,3,6-11H2,(H,18,20). The van der Waals surface area contributed by atoms with Crippen molar-refractivity contribution in [1.82, 2.24) is 15.5 Å². The van der Waals surface area contributed by atoms with Gasteiger partial charge in [0, 0.05) is 25.6 Å². The molecule has 5 heteroatoms. The molecule has 1 atom stereocenters. The summed E-state index contributed by atoms with van der Waals surface area (Å²) in [6, 6.07) is 8.51. The second kappa shape index (κ2) is 6.26. The second-order valence-electron chi connectivity index (χ2n) is 5.68. The fourth-order valence-corrected chi connectivity index (χ4v) is 3.09. The van der Waals surface area contributed by atoms with Gasteiger partial charge in [0.25, 0.3) is 0 Å². The van der Waals surface area contributed by atoms with E-state index in [2.05, 4.69) is 28.8 Å². The molecule has 1 aromatic carbocycles. The number of nitrogens with one attached hydrogen (secondary N) is 2. The van der Waals surface area contributed by atoms with Crippen molar-refractivity contribution < 1.29 is 9.59 Å². The Hall–Kier alpha value is -1.88. The molecule has 2 heterocycles. The van der Waals surface area contributed by atoms with Crippen LogP contribution in [-0.4, -0.2) is 42.9 Å². The van der Waals surface area contributed by atoms with Gasteiger partial charge >= 0.3 is 0 Å². The normalized spacial score (nSPS) is 21.2. The van der Waals surface area contributed by atoms with Gasteiger partial charge in [-0.15, -0.1) is 0 Å². The van der Waals surface area contributed by atoms with E-state index in [1.807, 2.05) is 6.07 Å². The van der Waals surface area contributed by atoms with Crippen molar-refractivity contribution in [2.45, 2.75) is 25.3 Å². The molecule has 0 bridgehead atoms. The van der Waals surface area contributed by atoms with Gasteiger partial charge in [0.2, 0.25) is 11.8 Å². The summed E-state index contributed by atoms with van der Waals surface area (Å²) in [4.78, 5) is 25.1. The Morgan fingerprint density at radius 1 is 1.33 bits per heavy atom. The van der Waals surface area contributed by atoms with Crippen LogP contribution in [0.15, 0.2) is 24.3 Å². The van der Waals surface area contributed by atoms with Gasteiger partial charge in [-0.05, 0) is 30.5 Å². The first kappa shape index (κ1) is 14.1. The molecule has 2 aliphatic rings. The third-order valence-corrected chi connectivity index (χ3v) is 4.22. The predicted octanol–water partition coefficient (Wildman–Crippen LogP) is 0.612. The quantitative estimate of drug-likeness (QED) is 0.853. The van der Waals surface area contributed by atoms with Gasteiger partial charge < -0.3 is 15.5 Å².